The van der Waals surface area contributed by atoms with Crippen molar-refractivity contribution in [2.45, 2.75) is 12.4 Å². The molecule has 6 aromatic rings. The lowest BCUT2D eigenvalue weighted by Gasteiger charge is -2.30. The van der Waals surface area contributed by atoms with E-state index in [9.17, 15) is 20.2 Å². The molecule has 0 N–H and O–H groups in total. The Morgan fingerprint density at radius 1 is 0.551 bits per heavy atom. The summed E-state index contributed by atoms with van der Waals surface area (Å²) in [5, 5.41) is 44.5. The molecule has 49 heavy (non-hydrogen) atoms. The van der Waals surface area contributed by atoms with E-state index in [1.165, 1.54) is 36.4 Å². The quantitative estimate of drug-likeness (QED) is 0.134. The fourth-order valence-electron chi connectivity index (χ4n) is 5.61. The SMILES string of the molecule is O=[N+]([O-])c1ccc2c(c1)OCC(C1Oc3cc([N+](=O)[O-])ccc3N=Nc3c(ccc4ccccc34)O1)Oc1ccc3ccccc3c1N=N2. The van der Waals surface area contributed by atoms with Crippen LogP contribution in [0.5, 0.6) is 23.0 Å². The maximum absolute atomic E-state index is 11.8. The molecule has 0 aromatic heterocycles. The Kier molecular flexibility index (Phi) is 7.21. The van der Waals surface area contributed by atoms with E-state index in [0.29, 0.717) is 22.9 Å². The van der Waals surface area contributed by atoms with Crippen molar-refractivity contribution < 1.29 is 28.8 Å². The first-order chi connectivity index (χ1) is 23.9. The Morgan fingerprint density at radius 3 is 1.65 bits per heavy atom. The second-order valence-corrected chi connectivity index (χ2v) is 11.1. The van der Waals surface area contributed by atoms with Gasteiger partial charge in [0.05, 0.1) is 22.0 Å². The number of hydrogen-bond donors (Lipinski definition) is 0. The molecule has 14 heteroatoms. The van der Waals surface area contributed by atoms with Crippen LogP contribution in [0.1, 0.15) is 0 Å². The van der Waals surface area contributed by atoms with E-state index in [0.717, 1.165) is 21.5 Å². The normalized spacial score (nSPS) is 16.5. The zero-order valence-corrected chi connectivity index (χ0v) is 25.2. The molecule has 0 fully saturated rings. The van der Waals surface area contributed by atoms with Gasteiger partial charge in [0.2, 0.25) is 6.10 Å². The number of nitrogens with zero attached hydrogens (tertiary/aromatic N) is 6. The number of rotatable bonds is 3. The zero-order chi connectivity index (χ0) is 33.5. The number of azo groups is 2. The summed E-state index contributed by atoms with van der Waals surface area (Å²) in [6.45, 7) is -0.262. The molecular formula is C35H22N6O8. The van der Waals surface area contributed by atoms with Crippen LogP contribution >= 0.6 is 0 Å². The van der Waals surface area contributed by atoms with E-state index in [4.69, 9.17) is 18.9 Å². The van der Waals surface area contributed by atoms with Gasteiger partial charge in [0.1, 0.15) is 35.1 Å². The summed E-state index contributed by atoms with van der Waals surface area (Å²) in [5.41, 5.74) is 0.800. The summed E-state index contributed by atoms with van der Waals surface area (Å²) in [7, 11) is 0. The van der Waals surface area contributed by atoms with Crippen molar-refractivity contribution in [2.75, 3.05) is 6.61 Å². The van der Waals surface area contributed by atoms with E-state index < -0.39 is 22.2 Å². The highest BCUT2D eigenvalue weighted by Crippen LogP contribution is 2.44. The van der Waals surface area contributed by atoms with Gasteiger partial charge >= 0.3 is 0 Å². The van der Waals surface area contributed by atoms with Gasteiger partial charge in [-0.3, -0.25) is 20.2 Å². The summed E-state index contributed by atoms with van der Waals surface area (Å²) in [6.07, 6.45) is -2.44. The standard InChI is InChI=1S/C35H22N6O8/c42-40(43)22-11-13-26-30(17-22)46-19-32(47-28-15-9-20-5-1-3-7-24(20)33(28)38-36-26)35-48-29-16-10-21-6-2-4-8-25(21)34(29)39-37-27-14-12-23(41(44)45)18-31(27)49-35/h1-18,32,35H,19H2. The molecule has 14 nitrogen and oxygen atoms in total. The van der Waals surface area contributed by atoms with E-state index >= 15 is 0 Å². The van der Waals surface area contributed by atoms with Gasteiger partial charge in [0, 0.05) is 22.9 Å². The van der Waals surface area contributed by atoms with Crippen molar-refractivity contribution in [3.05, 3.63) is 129 Å². The zero-order valence-electron chi connectivity index (χ0n) is 25.2. The fourth-order valence-corrected chi connectivity index (χ4v) is 5.61. The van der Waals surface area contributed by atoms with Gasteiger partial charge in [-0.25, -0.2) is 0 Å². The van der Waals surface area contributed by atoms with Crippen molar-refractivity contribution in [1.82, 2.24) is 0 Å². The molecule has 2 heterocycles. The summed E-state index contributed by atoms with van der Waals surface area (Å²) in [6, 6.07) is 30.3. The molecular weight excluding hydrogens is 632 g/mol. The van der Waals surface area contributed by atoms with Gasteiger partial charge in [0.15, 0.2) is 17.2 Å². The minimum atomic E-state index is -1.33. The van der Waals surface area contributed by atoms with Gasteiger partial charge in [-0.15, -0.1) is 20.5 Å². The lowest BCUT2D eigenvalue weighted by Crippen LogP contribution is -2.45. The third-order valence-corrected chi connectivity index (χ3v) is 8.02. The molecule has 2 atom stereocenters. The van der Waals surface area contributed by atoms with E-state index in [1.54, 1.807) is 12.1 Å². The Bertz CT molecular complexity index is 2380. The molecule has 2 unspecified atom stereocenters. The number of benzene rings is 6. The highest BCUT2D eigenvalue weighted by atomic mass is 16.7. The number of fused-ring (bicyclic) bond motifs is 8. The Labute approximate surface area is 276 Å². The van der Waals surface area contributed by atoms with Crippen molar-refractivity contribution in [3.63, 3.8) is 0 Å². The largest absolute Gasteiger partial charge is 0.487 e. The molecule has 0 amide bonds. The number of hydrogen-bond acceptors (Lipinski definition) is 12. The molecule has 0 radical (unpaired) electrons. The highest BCUT2D eigenvalue weighted by Gasteiger charge is 2.34. The molecule has 2 aliphatic heterocycles. The van der Waals surface area contributed by atoms with Crippen LogP contribution in [0.4, 0.5) is 34.1 Å². The maximum atomic E-state index is 11.8. The predicted octanol–water partition coefficient (Wildman–Crippen LogP) is 9.58. The fraction of sp³-hybridized carbons (Fsp3) is 0.0857. The number of nitro benzene ring substituents is 2. The van der Waals surface area contributed by atoms with E-state index in [-0.39, 0.29) is 40.9 Å². The van der Waals surface area contributed by atoms with Crippen LogP contribution in [-0.4, -0.2) is 28.8 Å². The molecule has 0 bridgehead atoms. The number of non-ortho nitro benzene ring substituents is 2. The highest BCUT2D eigenvalue weighted by molar-refractivity contribution is 5.96. The first-order valence-corrected chi connectivity index (χ1v) is 15.0. The Balaban J connectivity index is 1.31. The first kappa shape index (κ1) is 29.4. The molecule has 0 saturated carbocycles. The molecule has 0 saturated heterocycles. The second-order valence-electron chi connectivity index (χ2n) is 11.1. The maximum Gasteiger partial charge on any atom is 0.281 e. The van der Waals surface area contributed by atoms with Gasteiger partial charge in [-0.05, 0) is 35.0 Å². The molecule has 6 aromatic carbocycles. The summed E-state index contributed by atoms with van der Waals surface area (Å²) < 4.78 is 25.6. The average Bonchev–Trinajstić information content (AvgIpc) is 3.20. The lowest BCUT2D eigenvalue weighted by molar-refractivity contribution is -0.385. The van der Waals surface area contributed by atoms with Crippen LogP contribution < -0.4 is 18.9 Å². The Hall–Kier alpha value is -6.96. The van der Waals surface area contributed by atoms with E-state index in [1.807, 2.05) is 60.7 Å². The van der Waals surface area contributed by atoms with Crippen LogP contribution in [-0.2, 0) is 0 Å². The molecule has 2 aliphatic rings. The summed E-state index contributed by atoms with van der Waals surface area (Å²) in [5.74, 6) is 0.701. The van der Waals surface area contributed by atoms with Crippen LogP contribution in [0, 0.1) is 20.2 Å². The number of ether oxygens (including phenoxy) is 4. The smallest absolute Gasteiger partial charge is 0.281 e. The van der Waals surface area contributed by atoms with Crippen LogP contribution in [0.25, 0.3) is 21.5 Å². The summed E-state index contributed by atoms with van der Waals surface area (Å²) in [4.78, 5) is 22.3. The van der Waals surface area contributed by atoms with Gasteiger partial charge in [-0.1, -0.05) is 60.7 Å². The summed E-state index contributed by atoms with van der Waals surface area (Å²) >= 11 is 0. The third-order valence-electron chi connectivity index (χ3n) is 8.02. The van der Waals surface area contributed by atoms with Crippen molar-refractivity contribution in [3.8, 4) is 23.0 Å². The second kappa shape index (κ2) is 12.0. The topological polar surface area (TPSA) is 173 Å². The molecule has 0 spiro atoms. The Morgan fingerprint density at radius 2 is 1.06 bits per heavy atom. The predicted molar refractivity (Wildman–Crippen MR) is 177 cm³/mol. The number of nitro groups is 2. The van der Waals surface area contributed by atoms with Crippen molar-refractivity contribution in [1.29, 1.82) is 0 Å². The minimum Gasteiger partial charge on any atom is -0.487 e. The van der Waals surface area contributed by atoms with Gasteiger partial charge in [-0.2, -0.15) is 0 Å². The molecule has 0 aliphatic carbocycles. The van der Waals surface area contributed by atoms with Crippen molar-refractivity contribution >= 4 is 55.7 Å². The average molecular weight is 655 g/mol. The first-order valence-electron chi connectivity index (χ1n) is 15.0. The van der Waals surface area contributed by atoms with Crippen LogP contribution in [0.2, 0.25) is 0 Å². The minimum absolute atomic E-state index is 0.00946. The third kappa shape index (κ3) is 5.56. The van der Waals surface area contributed by atoms with Crippen LogP contribution in [0.15, 0.2) is 130 Å². The van der Waals surface area contributed by atoms with Crippen molar-refractivity contribution in [2.24, 2.45) is 20.5 Å². The van der Waals surface area contributed by atoms with Gasteiger partial charge < -0.3 is 18.9 Å². The monoisotopic (exact) mass is 654 g/mol. The lowest BCUT2D eigenvalue weighted by atomic mass is 10.1. The van der Waals surface area contributed by atoms with Gasteiger partial charge in [0.25, 0.3) is 17.7 Å². The van der Waals surface area contributed by atoms with Crippen LogP contribution in [0.3, 0.4) is 0 Å². The molecule has 240 valence electrons. The molecule has 8 rings (SSSR count). The van der Waals surface area contributed by atoms with E-state index in [2.05, 4.69) is 20.5 Å².